The highest BCUT2D eigenvalue weighted by Crippen LogP contribution is 2.42. The summed E-state index contributed by atoms with van der Waals surface area (Å²) in [6, 6.07) is 10.6. The molecule has 0 amide bonds. The van der Waals surface area contributed by atoms with Crippen molar-refractivity contribution in [3.8, 4) is 22.8 Å². The van der Waals surface area contributed by atoms with Gasteiger partial charge in [-0.3, -0.25) is 0 Å². The summed E-state index contributed by atoms with van der Waals surface area (Å²) in [7, 11) is 2.96. The lowest BCUT2D eigenvalue weighted by atomic mass is 10.1. The Morgan fingerprint density at radius 1 is 1.12 bits per heavy atom. The first-order chi connectivity index (χ1) is 15.5. The molecule has 1 atom stereocenters. The zero-order valence-electron chi connectivity index (χ0n) is 16.8. The lowest BCUT2D eigenvalue weighted by Gasteiger charge is -2.13. The van der Waals surface area contributed by atoms with Gasteiger partial charge in [0.1, 0.15) is 11.1 Å². The predicted molar refractivity (Wildman–Crippen MR) is 123 cm³/mol. The molecule has 2 aromatic heterocycles. The zero-order chi connectivity index (χ0) is 22.4. The van der Waals surface area contributed by atoms with Crippen molar-refractivity contribution in [3.05, 3.63) is 67.8 Å². The van der Waals surface area contributed by atoms with Gasteiger partial charge in [0.05, 0.1) is 25.5 Å². The molecule has 1 aliphatic heterocycles. The van der Waals surface area contributed by atoms with Crippen molar-refractivity contribution in [2.45, 2.75) is 6.23 Å². The first-order valence-electron chi connectivity index (χ1n) is 9.40. The number of anilines is 1. The maximum absolute atomic E-state index is 12.5. The van der Waals surface area contributed by atoms with Crippen LogP contribution in [-0.2, 0) is 4.74 Å². The fourth-order valence-corrected chi connectivity index (χ4v) is 4.66. The molecule has 3 heterocycles. The summed E-state index contributed by atoms with van der Waals surface area (Å²) in [5.74, 6) is 0.236. The standard InChI is InChI=1S/C22H15BrN2O6S/c1-28-16-6-4-12-17(18(16)29-2)21(27)31-19(12)25-22-24-14(9-32-22)13-8-10-7-11(23)3-5-15(10)30-20(13)26/h3-9,19H,1-2H3,(H,24,25)/t19-/m0/s1. The van der Waals surface area contributed by atoms with E-state index in [1.54, 1.807) is 35.7 Å². The topological polar surface area (TPSA) is 99.9 Å². The molecule has 4 aromatic rings. The van der Waals surface area contributed by atoms with Crippen molar-refractivity contribution in [3.63, 3.8) is 0 Å². The molecular weight excluding hydrogens is 500 g/mol. The van der Waals surface area contributed by atoms with E-state index in [4.69, 9.17) is 18.6 Å². The van der Waals surface area contributed by atoms with Crippen molar-refractivity contribution in [2.75, 3.05) is 19.5 Å². The highest BCUT2D eigenvalue weighted by molar-refractivity contribution is 9.10. The van der Waals surface area contributed by atoms with Gasteiger partial charge in [-0.15, -0.1) is 11.3 Å². The predicted octanol–water partition coefficient (Wildman–Crippen LogP) is 4.98. The summed E-state index contributed by atoms with van der Waals surface area (Å²) >= 11 is 4.70. The largest absolute Gasteiger partial charge is 0.493 e. The quantitative estimate of drug-likeness (QED) is 0.294. The summed E-state index contributed by atoms with van der Waals surface area (Å²) in [6.07, 6.45) is -0.750. The summed E-state index contributed by atoms with van der Waals surface area (Å²) in [4.78, 5) is 29.4. The summed E-state index contributed by atoms with van der Waals surface area (Å²) in [6.45, 7) is 0. The van der Waals surface area contributed by atoms with Gasteiger partial charge in [0.2, 0.25) is 6.23 Å². The maximum atomic E-state index is 12.5. The van der Waals surface area contributed by atoms with Crippen molar-refractivity contribution in [1.29, 1.82) is 0 Å². The molecule has 5 rings (SSSR count). The van der Waals surface area contributed by atoms with Crippen LogP contribution < -0.4 is 20.4 Å². The third-order valence-electron chi connectivity index (χ3n) is 5.02. The van der Waals surface area contributed by atoms with Crippen molar-refractivity contribution < 1.29 is 23.4 Å². The molecule has 0 saturated carbocycles. The Morgan fingerprint density at radius 3 is 2.75 bits per heavy atom. The van der Waals surface area contributed by atoms with Gasteiger partial charge >= 0.3 is 11.6 Å². The number of aromatic nitrogens is 1. The number of benzene rings is 2. The zero-order valence-corrected chi connectivity index (χ0v) is 19.2. The summed E-state index contributed by atoms with van der Waals surface area (Å²) in [5.41, 5.74) is 1.74. The fraction of sp³-hybridized carbons (Fsp3) is 0.136. The Kier molecular flexibility index (Phi) is 5.10. The maximum Gasteiger partial charge on any atom is 0.345 e. The molecule has 0 aliphatic carbocycles. The van der Waals surface area contributed by atoms with Crippen LogP contribution in [0.3, 0.4) is 0 Å². The lowest BCUT2D eigenvalue weighted by molar-refractivity contribution is 0.0435. The second kappa shape index (κ2) is 7.95. The molecule has 2 aromatic carbocycles. The van der Waals surface area contributed by atoms with Crippen LogP contribution in [0.2, 0.25) is 0 Å². The molecule has 162 valence electrons. The van der Waals surface area contributed by atoms with Crippen molar-refractivity contribution in [1.82, 2.24) is 4.98 Å². The highest BCUT2D eigenvalue weighted by atomic mass is 79.9. The van der Waals surface area contributed by atoms with E-state index in [9.17, 15) is 9.59 Å². The third kappa shape index (κ3) is 3.41. The van der Waals surface area contributed by atoms with Crippen LogP contribution in [0.25, 0.3) is 22.2 Å². The number of carbonyl (C=O) groups excluding carboxylic acids is 1. The lowest BCUT2D eigenvalue weighted by Crippen LogP contribution is -2.10. The smallest absolute Gasteiger partial charge is 0.345 e. The van der Waals surface area contributed by atoms with Crippen molar-refractivity contribution in [2.24, 2.45) is 0 Å². The number of nitrogens with one attached hydrogen (secondary N) is 1. The molecule has 32 heavy (non-hydrogen) atoms. The first-order valence-corrected chi connectivity index (χ1v) is 11.1. The molecule has 10 heteroatoms. The number of methoxy groups -OCH3 is 2. The van der Waals surface area contributed by atoms with E-state index in [1.165, 1.54) is 25.6 Å². The Balaban J connectivity index is 1.47. The van der Waals surface area contributed by atoms with Crippen LogP contribution in [0.15, 0.2) is 55.5 Å². The third-order valence-corrected chi connectivity index (χ3v) is 6.29. The number of cyclic esters (lactones) is 1. The normalized spacial score (nSPS) is 14.8. The molecule has 1 N–H and O–H groups in total. The van der Waals surface area contributed by atoms with E-state index in [0.717, 1.165) is 9.86 Å². The second-order valence-corrected chi connectivity index (χ2v) is 8.64. The number of thiazole rings is 1. The number of esters is 1. The summed E-state index contributed by atoms with van der Waals surface area (Å²) < 4.78 is 22.4. The van der Waals surface area contributed by atoms with E-state index < -0.39 is 17.8 Å². The van der Waals surface area contributed by atoms with Gasteiger partial charge in [-0.1, -0.05) is 15.9 Å². The van der Waals surface area contributed by atoms with Gasteiger partial charge < -0.3 is 23.9 Å². The number of nitrogens with zero attached hydrogens (tertiary/aromatic N) is 1. The minimum Gasteiger partial charge on any atom is -0.493 e. The molecule has 0 unspecified atom stereocenters. The van der Waals surface area contributed by atoms with Gasteiger partial charge in [0.15, 0.2) is 16.6 Å². The Bertz CT molecular complexity index is 1430. The van der Waals surface area contributed by atoms with E-state index in [0.29, 0.717) is 44.6 Å². The van der Waals surface area contributed by atoms with Gasteiger partial charge in [-0.2, -0.15) is 0 Å². The van der Waals surface area contributed by atoms with Crippen LogP contribution in [-0.4, -0.2) is 25.2 Å². The van der Waals surface area contributed by atoms with E-state index in [-0.39, 0.29) is 0 Å². The van der Waals surface area contributed by atoms with E-state index in [1.807, 2.05) is 6.07 Å². The SMILES string of the molecule is COc1ccc2c(c1OC)C(=O)O[C@@H]2Nc1nc(-c2cc3cc(Br)ccc3oc2=O)cs1. The fourth-order valence-electron chi connectivity index (χ4n) is 3.56. The molecule has 0 fully saturated rings. The molecule has 1 aliphatic rings. The highest BCUT2D eigenvalue weighted by Gasteiger charge is 2.36. The van der Waals surface area contributed by atoms with E-state index >= 15 is 0 Å². The molecule has 8 nitrogen and oxygen atoms in total. The van der Waals surface area contributed by atoms with E-state index in [2.05, 4.69) is 26.2 Å². The van der Waals surface area contributed by atoms with Crippen LogP contribution in [0.4, 0.5) is 5.13 Å². The van der Waals surface area contributed by atoms with Crippen LogP contribution in [0, 0.1) is 0 Å². The molecule has 0 spiro atoms. The number of fused-ring (bicyclic) bond motifs is 2. The molecule has 0 bridgehead atoms. The van der Waals surface area contributed by atoms with Crippen LogP contribution in [0.5, 0.6) is 11.5 Å². The Morgan fingerprint density at radius 2 is 1.97 bits per heavy atom. The van der Waals surface area contributed by atoms with Crippen LogP contribution >= 0.6 is 27.3 Å². The molecular formula is C22H15BrN2O6S. The van der Waals surface area contributed by atoms with Gasteiger partial charge in [0.25, 0.3) is 0 Å². The van der Waals surface area contributed by atoms with Crippen molar-refractivity contribution >= 4 is 49.3 Å². The minimum absolute atomic E-state index is 0.307. The van der Waals surface area contributed by atoms with Gasteiger partial charge in [-0.05, 0) is 36.4 Å². The number of rotatable bonds is 5. The average molecular weight is 515 g/mol. The van der Waals surface area contributed by atoms with Crippen LogP contribution in [0.1, 0.15) is 22.1 Å². The Hall–Kier alpha value is -3.37. The number of carbonyl (C=O) groups is 1. The molecule has 0 saturated heterocycles. The number of hydrogen-bond donors (Lipinski definition) is 1. The molecule has 0 radical (unpaired) electrons. The number of ether oxygens (including phenoxy) is 3. The minimum atomic E-state index is -0.750. The second-order valence-electron chi connectivity index (χ2n) is 6.86. The number of hydrogen-bond acceptors (Lipinski definition) is 9. The van der Waals surface area contributed by atoms with Gasteiger partial charge in [0, 0.05) is 20.8 Å². The summed E-state index contributed by atoms with van der Waals surface area (Å²) in [5, 5.41) is 6.10. The number of halogens is 1. The van der Waals surface area contributed by atoms with Gasteiger partial charge in [-0.25, -0.2) is 14.6 Å². The average Bonchev–Trinajstić information content (AvgIpc) is 3.37. The Labute approximate surface area is 193 Å². The first kappa shape index (κ1) is 20.5. The monoisotopic (exact) mass is 514 g/mol.